The van der Waals surface area contributed by atoms with Crippen LogP contribution >= 0.6 is 0 Å². The molecule has 8 nitrogen and oxygen atoms in total. The molecule has 1 saturated heterocycles. The van der Waals surface area contributed by atoms with Gasteiger partial charge in [0.25, 0.3) is 11.6 Å². The summed E-state index contributed by atoms with van der Waals surface area (Å²) in [4.78, 5) is 37.4. The minimum absolute atomic E-state index is 0.0593. The fourth-order valence-corrected chi connectivity index (χ4v) is 3.20. The van der Waals surface area contributed by atoms with Crippen molar-refractivity contribution in [1.82, 2.24) is 5.32 Å². The highest BCUT2D eigenvalue weighted by molar-refractivity contribution is 5.93. The number of benzene rings is 1. The zero-order valence-corrected chi connectivity index (χ0v) is 16.9. The smallest absolute Gasteiger partial charge is 0.339 e. The molecular weight excluding hydrogens is 362 g/mol. The Kier molecular flexibility index (Phi) is 7.37. The third-order valence-corrected chi connectivity index (χ3v) is 4.74. The number of carbonyl (C=O) groups is 2. The van der Waals surface area contributed by atoms with Crippen LogP contribution < -0.4 is 10.2 Å². The van der Waals surface area contributed by atoms with E-state index in [-0.39, 0.29) is 17.2 Å². The molecule has 0 radical (unpaired) electrons. The average molecular weight is 391 g/mol. The Morgan fingerprint density at radius 3 is 2.68 bits per heavy atom. The number of nitro groups is 1. The second-order valence-corrected chi connectivity index (χ2v) is 7.84. The van der Waals surface area contributed by atoms with Gasteiger partial charge in [-0.2, -0.15) is 0 Å². The van der Waals surface area contributed by atoms with Gasteiger partial charge in [-0.1, -0.05) is 20.8 Å². The van der Waals surface area contributed by atoms with Crippen LogP contribution in [0, 0.1) is 22.0 Å². The maximum Gasteiger partial charge on any atom is 0.339 e. The number of nitrogens with one attached hydrogen (secondary N) is 1. The number of anilines is 1. The van der Waals surface area contributed by atoms with Crippen molar-refractivity contribution in [3.63, 3.8) is 0 Å². The van der Waals surface area contributed by atoms with Gasteiger partial charge in [-0.3, -0.25) is 14.9 Å². The van der Waals surface area contributed by atoms with Crippen LogP contribution in [-0.4, -0.2) is 42.5 Å². The van der Waals surface area contributed by atoms with Crippen LogP contribution in [-0.2, 0) is 9.53 Å². The number of piperidine rings is 1. The van der Waals surface area contributed by atoms with Gasteiger partial charge in [0.2, 0.25) is 0 Å². The van der Waals surface area contributed by atoms with E-state index < -0.39 is 22.9 Å². The third kappa shape index (κ3) is 5.68. The lowest BCUT2D eigenvalue weighted by Gasteiger charge is -2.32. The zero-order valence-electron chi connectivity index (χ0n) is 16.9. The molecule has 1 amide bonds. The van der Waals surface area contributed by atoms with Crippen molar-refractivity contribution in [2.75, 3.05) is 24.5 Å². The lowest BCUT2D eigenvalue weighted by molar-refractivity contribution is -0.384. The van der Waals surface area contributed by atoms with Crippen LogP contribution in [0.2, 0.25) is 0 Å². The molecule has 1 aromatic rings. The molecule has 2 rings (SSSR count). The molecule has 154 valence electrons. The molecule has 0 aliphatic carbocycles. The first-order chi connectivity index (χ1) is 13.2. The second-order valence-electron chi connectivity index (χ2n) is 7.84. The van der Waals surface area contributed by atoms with E-state index in [9.17, 15) is 19.7 Å². The molecule has 1 N–H and O–H groups in total. The van der Waals surface area contributed by atoms with Crippen molar-refractivity contribution in [3.05, 3.63) is 33.9 Å². The van der Waals surface area contributed by atoms with Gasteiger partial charge >= 0.3 is 5.97 Å². The summed E-state index contributed by atoms with van der Waals surface area (Å²) in [6.07, 6.45) is 1.10. The molecule has 28 heavy (non-hydrogen) atoms. The molecule has 2 atom stereocenters. The Hall–Kier alpha value is -2.64. The van der Waals surface area contributed by atoms with Crippen LogP contribution in [0.5, 0.6) is 0 Å². The quantitative estimate of drug-likeness (QED) is 0.435. The molecule has 1 aliphatic rings. The molecule has 1 aromatic carbocycles. The van der Waals surface area contributed by atoms with E-state index in [1.165, 1.54) is 19.1 Å². The van der Waals surface area contributed by atoms with Gasteiger partial charge in [-0.15, -0.1) is 0 Å². The van der Waals surface area contributed by atoms with Crippen molar-refractivity contribution in [2.45, 2.75) is 46.6 Å². The Morgan fingerprint density at radius 1 is 1.36 bits per heavy atom. The van der Waals surface area contributed by atoms with Crippen LogP contribution in [0.25, 0.3) is 0 Å². The number of amides is 1. The second kappa shape index (κ2) is 9.52. The van der Waals surface area contributed by atoms with E-state index in [0.29, 0.717) is 18.2 Å². The number of nitro benzene ring substituents is 1. The molecule has 0 spiro atoms. The first-order valence-corrected chi connectivity index (χ1v) is 9.71. The lowest BCUT2D eigenvalue weighted by atomic mass is 9.99. The number of carbonyl (C=O) groups excluding carboxylic acids is 2. The Bertz CT molecular complexity index is 735. The van der Waals surface area contributed by atoms with Crippen LogP contribution in [0.4, 0.5) is 11.4 Å². The van der Waals surface area contributed by atoms with E-state index in [1.54, 1.807) is 6.07 Å². The van der Waals surface area contributed by atoms with Crippen molar-refractivity contribution in [1.29, 1.82) is 0 Å². The summed E-state index contributed by atoms with van der Waals surface area (Å²) in [6.45, 7) is 9.50. The van der Waals surface area contributed by atoms with E-state index in [2.05, 4.69) is 12.2 Å². The summed E-state index contributed by atoms with van der Waals surface area (Å²) < 4.78 is 5.18. The van der Waals surface area contributed by atoms with E-state index in [1.807, 2.05) is 18.7 Å². The van der Waals surface area contributed by atoms with Crippen LogP contribution in [0.1, 0.15) is 50.9 Å². The normalized spacial score (nSPS) is 17.9. The molecular formula is C20H29N3O5. The predicted octanol–water partition coefficient (Wildman–Crippen LogP) is 3.15. The van der Waals surface area contributed by atoms with Gasteiger partial charge < -0.3 is 15.0 Å². The fourth-order valence-electron chi connectivity index (χ4n) is 3.20. The molecule has 1 aliphatic heterocycles. The summed E-state index contributed by atoms with van der Waals surface area (Å²) in [5.74, 6) is -0.410. The Morgan fingerprint density at radius 2 is 2.07 bits per heavy atom. The van der Waals surface area contributed by atoms with Gasteiger partial charge in [0.1, 0.15) is 5.69 Å². The van der Waals surface area contributed by atoms with Crippen LogP contribution in [0.3, 0.4) is 0 Å². The van der Waals surface area contributed by atoms with Gasteiger partial charge in [0.05, 0.1) is 10.5 Å². The fraction of sp³-hybridized carbons (Fsp3) is 0.600. The number of nitrogens with zero attached hydrogens (tertiary/aromatic N) is 2. The highest BCUT2D eigenvalue weighted by Gasteiger charge is 2.26. The molecule has 2 unspecified atom stereocenters. The highest BCUT2D eigenvalue weighted by atomic mass is 16.6. The first kappa shape index (κ1) is 21.7. The maximum absolute atomic E-state index is 12.4. The number of esters is 1. The topological polar surface area (TPSA) is 102 Å². The van der Waals surface area contributed by atoms with Gasteiger partial charge in [-0.05, 0) is 43.7 Å². The van der Waals surface area contributed by atoms with Crippen molar-refractivity contribution in [2.24, 2.45) is 11.8 Å². The van der Waals surface area contributed by atoms with Crippen LogP contribution in [0.15, 0.2) is 18.2 Å². The summed E-state index contributed by atoms with van der Waals surface area (Å²) in [7, 11) is 0. The zero-order chi connectivity index (χ0) is 20.8. The molecule has 0 bridgehead atoms. The SMILES string of the molecule is CC(C)CNC(=O)C(C)OC(=O)c1ccc(N2CCCC(C)C2)c([N+](=O)[O-])c1. The molecule has 1 heterocycles. The van der Waals surface area contributed by atoms with E-state index in [4.69, 9.17) is 4.74 Å². The average Bonchev–Trinajstić information content (AvgIpc) is 2.65. The molecule has 0 saturated carbocycles. The minimum Gasteiger partial charge on any atom is -0.449 e. The summed E-state index contributed by atoms with van der Waals surface area (Å²) >= 11 is 0. The summed E-state index contributed by atoms with van der Waals surface area (Å²) in [6, 6.07) is 4.34. The molecule has 1 fully saturated rings. The minimum atomic E-state index is -0.979. The standard InChI is InChI=1S/C20H29N3O5/c1-13(2)11-21-19(24)15(4)28-20(25)16-7-8-17(18(10-16)23(26)27)22-9-5-6-14(3)12-22/h7-8,10,13-15H,5-6,9,11-12H2,1-4H3,(H,21,24). The van der Waals surface area contributed by atoms with E-state index >= 15 is 0 Å². The van der Waals surface area contributed by atoms with Gasteiger partial charge in [0.15, 0.2) is 6.10 Å². The number of hydrogen-bond acceptors (Lipinski definition) is 6. The highest BCUT2D eigenvalue weighted by Crippen LogP contribution is 2.32. The van der Waals surface area contributed by atoms with Gasteiger partial charge in [-0.25, -0.2) is 4.79 Å². The number of ether oxygens (including phenoxy) is 1. The summed E-state index contributed by atoms with van der Waals surface area (Å²) in [5, 5.41) is 14.3. The summed E-state index contributed by atoms with van der Waals surface area (Å²) in [5.41, 5.74) is 0.445. The Labute approximate surface area is 165 Å². The monoisotopic (exact) mass is 391 g/mol. The lowest BCUT2D eigenvalue weighted by Crippen LogP contribution is -2.37. The molecule has 0 aromatic heterocycles. The predicted molar refractivity (Wildman–Crippen MR) is 106 cm³/mol. The number of rotatable bonds is 7. The largest absolute Gasteiger partial charge is 0.449 e. The van der Waals surface area contributed by atoms with Crippen molar-refractivity contribution < 1.29 is 19.2 Å². The van der Waals surface area contributed by atoms with Gasteiger partial charge in [0, 0.05) is 25.7 Å². The maximum atomic E-state index is 12.4. The first-order valence-electron chi connectivity index (χ1n) is 9.71. The van der Waals surface area contributed by atoms with E-state index in [0.717, 1.165) is 25.9 Å². The van der Waals surface area contributed by atoms with Crippen molar-refractivity contribution in [3.8, 4) is 0 Å². The van der Waals surface area contributed by atoms with Crippen molar-refractivity contribution >= 4 is 23.3 Å². The Balaban J connectivity index is 2.13. The third-order valence-electron chi connectivity index (χ3n) is 4.74. The molecule has 8 heteroatoms. The number of hydrogen-bond donors (Lipinski definition) is 1.